The van der Waals surface area contributed by atoms with Crippen molar-refractivity contribution in [2.24, 2.45) is 5.10 Å². The number of phenols is 1. The van der Waals surface area contributed by atoms with Crippen LogP contribution in [0.1, 0.15) is 29.2 Å². The van der Waals surface area contributed by atoms with Crippen molar-refractivity contribution < 1.29 is 5.11 Å². The van der Waals surface area contributed by atoms with E-state index in [0.717, 1.165) is 16.8 Å². The minimum absolute atomic E-state index is 0.0997. The van der Waals surface area contributed by atoms with Gasteiger partial charge in [0.05, 0.1) is 29.6 Å². The lowest BCUT2D eigenvalue weighted by Crippen LogP contribution is -2.19. The molecule has 3 aromatic rings. The molecule has 1 atom stereocenters. The second kappa shape index (κ2) is 6.65. The predicted molar refractivity (Wildman–Crippen MR) is 97.7 cm³/mol. The first-order valence-corrected chi connectivity index (χ1v) is 8.17. The lowest BCUT2D eigenvalue weighted by molar-refractivity contribution is 0.475. The van der Waals surface area contributed by atoms with E-state index < -0.39 is 0 Å². The van der Waals surface area contributed by atoms with Crippen molar-refractivity contribution in [3.05, 3.63) is 83.8 Å². The van der Waals surface area contributed by atoms with Crippen LogP contribution in [0.15, 0.2) is 72.2 Å². The summed E-state index contributed by atoms with van der Waals surface area (Å²) >= 11 is 0. The SMILES string of the molecule is N#Cc1cccc(C2CC(c3cccc(O)c3)=NN2c2cnccn2)c1. The summed E-state index contributed by atoms with van der Waals surface area (Å²) in [6.45, 7) is 0. The minimum atomic E-state index is -0.0997. The average molecular weight is 341 g/mol. The van der Waals surface area contributed by atoms with Crippen LogP contribution < -0.4 is 5.01 Å². The standard InChI is InChI=1S/C20H15N5O/c21-12-14-3-1-5-16(9-14)19-11-18(15-4-2-6-17(26)10-15)24-25(19)20-13-22-7-8-23-20/h1-10,13,19,26H,11H2. The summed E-state index contributed by atoms with van der Waals surface area (Å²) in [6, 6.07) is 16.6. The first kappa shape index (κ1) is 15.8. The van der Waals surface area contributed by atoms with Crippen LogP contribution >= 0.6 is 0 Å². The lowest BCUT2D eigenvalue weighted by atomic mass is 9.97. The van der Waals surface area contributed by atoms with E-state index >= 15 is 0 Å². The Bertz CT molecular complexity index is 1010. The van der Waals surface area contributed by atoms with Crippen molar-refractivity contribution in [1.29, 1.82) is 5.26 Å². The van der Waals surface area contributed by atoms with Gasteiger partial charge in [0.2, 0.25) is 0 Å². The summed E-state index contributed by atoms with van der Waals surface area (Å²) in [7, 11) is 0. The van der Waals surface area contributed by atoms with Crippen molar-refractivity contribution in [2.45, 2.75) is 12.5 Å². The number of nitriles is 1. The van der Waals surface area contributed by atoms with E-state index in [1.165, 1.54) is 0 Å². The van der Waals surface area contributed by atoms with Gasteiger partial charge in [-0.25, -0.2) is 9.99 Å². The van der Waals surface area contributed by atoms with E-state index in [1.807, 2.05) is 29.3 Å². The van der Waals surface area contributed by atoms with Gasteiger partial charge in [-0.15, -0.1) is 0 Å². The molecule has 0 spiro atoms. The second-order valence-electron chi connectivity index (χ2n) is 5.96. The van der Waals surface area contributed by atoms with Gasteiger partial charge in [-0.3, -0.25) is 4.98 Å². The summed E-state index contributed by atoms with van der Waals surface area (Å²) < 4.78 is 0. The molecule has 4 rings (SSSR count). The van der Waals surface area contributed by atoms with Gasteiger partial charge in [-0.05, 0) is 29.8 Å². The molecule has 1 aliphatic rings. The van der Waals surface area contributed by atoms with Gasteiger partial charge in [-0.1, -0.05) is 24.3 Å². The van der Waals surface area contributed by atoms with Crippen molar-refractivity contribution in [3.8, 4) is 11.8 Å². The van der Waals surface area contributed by atoms with Crippen molar-refractivity contribution in [1.82, 2.24) is 9.97 Å². The summed E-state index contributed by atoms with van der Waals surface area (Å²) in [5.74, 6) is 0.834. The monoisotopic (exact) mass is 341 g/mol. The Balaban J connectivity index is 1.77. The molecule has 126 valence electrons. The van der Waals surface area contributed by atoms with Gasteiger partial charge >= 0.3 is 0 Å². The molecule has 1 unspecified atom stereocenters. The molecular formula is C20H15N5O. The average Bonchev–Trinajstić information content (AvgIpc) is 3.14. The lowest BCUT2D eigenvalue weighted by Gasteiger charge is -2.22. The summed E-state index contributed by atoms with van der Waals surface area (Å²) in [5.41, 5.74) is 3.29. The van der Waals surface area contributed by atoms with E-state index in [1.54, 1.807) is 42.9 Å². The van der Waals surface area contributed by atoms with Crippen molar-refractivity contribution in [3.63, 3.8) is 0 Å². The number of aromatic hydroxyl groups is 1. The highest BCUT2D eigenvalue weighted by Gasteiger charge is 2.31. The highest BCUT2D eigenvalue weighted by atomic mass is 16.3. The molecule has 0 aliphatic carbocycles. The third-order valence-corrected chi connectivity index (χ3v) is 4.27. The maximum Gasteiger partial charge on any atom is 0.168 e. The smallest absolute Gasteiger partial charge is 0.168 e. The fraction of sp³-hybridized carbons (Fsp3) is 0.100. The van der Waals surface area contributed by atoms with Crippen LogP contribution in [0.3, 0.4) is 0 Å². The molecule has 0 amide bonds. The molecule has 2 aromatic carbocycles. The van der Waals surface area contributed by atoms with Gasteiger partial charge in [0, 0.05) is 24.4 Å². The normalized spacial score (nSPS) is 16.2. The molecule has 6 heteroatoms. The number of rotatable bonds is 3. The van der Waals surface area contributed by atoms with Crippen LogP contribution in [0.25, 0.3) is 0 Å². The van der Waals surface area contributed by atoms with Crippen molar-refractivity contribution >= 4 is 11.5 Å². The van der Waals surface area contributed by atoms with Crippen LogP contribution in [0.2, 0.25) is 0 Å². The van der Waals surface area contributed by atoms with Gasteiger partial charge in [0.15, 0.2) is 5.82 Å². The molecule has 1 aliphatic heterocycles. The van der Waals surface area contributed by atoms with Gasteiger partial charge < -0.3 is 5.11 Å². The van der Waals surface area contributed by atoms with Crippen LogP contribution in [0.4, 0.5) is 5.82 Å². The number of hydrazone groups is 1. The summed E-state index contributed by atoms with van der Waals surface area (Å²) in [6.07, 6.45) is 5.54. The molecule has 0 bridgehead atoms. The van der Waals surface area contributed by atoms with Crippen molar-refractivity contribution in [2.75, 3.05) is 5.01 Å². The van der Waals surface area contributed by atoms with E-state index in [0.29, 0.717) is 17.8 Å². The summed E-state index contributed by atoms with van der Waals surface area (Å²) in [4.78, 5) is 8.50. The number of aromatic nitrogens is 2. The maximum atomic E-state index is 9.78. The molecule has 0 saturated carbocycles. The van der Waals surface area contributed by atoms with Gasteiger partial charge in [0.25, 0.3) is 0 Å². The third-order valence-electron chi connectivity index (χ3n) is 4.27. The quantitative estimate of drug-likeness (QED) is 0.789. The van der Waals surface area contributed by atoms with Crippen LogP contribution in [0.5, 0.6) is 5.75 Å². The zero-order valence-corrected chi connectivity index (χ0v) is 13.8. The number of nitrogens with zero attached hydrogens (tertiary/aromatic N) is 5. The first-order chi connectivity index (χ1) is 12.7. The Morgan fingerprint density at radius 3 is 2.77 bits per heavy atom. The number of phenolic OH excluding ortho intramolecular Hbond substituents is 1. The zero-order valence-electron chi connectivity index (χ0n) is 13.8. The largest absolute Gasteiger partial charge is 0.508 e. The molecule has 26 heavy (non-hydrogen) atoms. The topological polar surface area (TPSA) is 85.4 Å². The Kier molecular flexibility index (Phi) is 4.04. The number of hydrogen-bond donors (Lipinski definition) is 1. The second-order valence-corrected chi connectivity index (χ2v) is 5.96. The number of benzene rings is 2. The van der Waals surface area contributed by atoms with Gasteiger partial charge in [-0.2, -0.15) is 10.4 Å². The highest BCUT2D eigenvalue weighted by Crippen LogP contribution is 2.36. The number of hydrogen-bond acceptors (Lipinski definition) is 6. The Labute approximate surface area is 150 Å². The van der Waals surface area contributed by atoms with E-state index in [2.05, 4.69) is 16.0 Å². The minimum Gasteiger partial charge on any atom is -0.508 e. The van der Waals surface area contributed by atoms with E-state index in [-0.39, 0.29) is 11.8 Å². The first-order valence-electron chi connectivity index (χ1n) is 8.17. The zero-order chi connectivity index (χ0) is 17.9. The summed E-state index contributed by atoms with van der Waals surface area (Å²) in [5, 5.41) is 25.5. The molecule has 0 saturated heterocycles. The van der Waals surface area contributed by atoms with E-state index in [4.69, 9.17) is 5.10 Å². The third kappa shape index (κ3) is 2.98. The maximum absolute atomic E-state index is 9.78. The molecular weight excluding hydrogens is 326 g/mol. The van der Waals surface area contributed by atoms with Crippen LogP contribution in [-0.4, -0.2) is 20.8 Å². The van der Waals surface area contributed by atoms with Gasteiger partial charge in [0.1, 0.15) is 5.75 Å². The molecule has 1 aromatic heterocycles. The fourth-order valence-electron chi connectivity index (χ4n) is 3.07. The Morgan fingerprint density at radius 2 is 2.00 bits per heavy atom. The molecule has 0 fully saturated rings. The van der Waals surface area contributed by atoms with Crippen LogP contribution in [-0.2, 0) is 0 Å². The molecule has 6 nitrogen and oxygen atoms in total. The predicted octanol–water partition coefficient (Wildman–Crippen LogP) is 3.41. The number of anilines is 1. The Hall–Kier alpha value is -3.72. The molecule has 1 N–H and O–H groups in total. The molecule has 0 radical (unpaired) electrons. The highest BCUT2D eigenvalue weighted by molar-refractivity contribution is 6.03. The Morgan fingerprint density at radius 1 is 1.12 bits per heavy atom. The molecule has 2 heterocycles. The van der Waals surface area contributed by atoms with Crippen LogP contribution in [0, 0.1) is 11.3 Å². The fourth-order valence-corrected chi connectivity index (χ4v) is 3.07. The van der Waals surface area contributed by atoms with E-state index in [9.17, 15) is 10.4 Å².